The number of benzene rings is 1. The van der Waals surface area contributed by atoms with Crippen LogP contribution in [0, 0.1) is 5.92 Å². The molecule has 3 heterocycles. The summed E-state index contributed by atoms with van der Waals surface area (Å²) in [7, 11) is 0. The fourth-order valence-electron chi connectivity index (χ4n) is 5.26. The molecule has 2 aliphatic rings. The Hall–Kier alpha value is -2.73. The third kappa shape index (κ3) is 4.05. The average Bonchev–Trinajstić information content (AvgIpc) is 3.39. The van der Waals surface area contributed by atoms with E-state index in [4.69, 9.17) is 16.0 Å². The molecule has 0 bridgehead atoms. The van der Waals surface area contributed by atoms with Gasteiger partial charge in [0.25, 0.3) is 5.91 Å². The Morgan fingerprint density at radius 3 is 2.64 bits per heavy atom. The highest BCUT2D eigenvalue weighted by molar-refractivity contribution is 6.30. The lowest BCUT2D eigenvalue weighted by Gasteiger charge is -2.45. The number of carbonyl (C=O) groups is 2. The van der Waals surface area contributed by atoms with Crippen molar-refractivity contribution in [3.05, 3.63) is 58.9 Å². The maximum atomic E-state index is 13.7. The third-order valence-electron chi connectivity index (χ3n) is 7.43. The number of hydrogen-bond acceptors (Lipinski definition) is 3. The molecular formula is C26H30ClN3O3. The van der Waals surface area contributed by atoms with E-state index in [-0.39, 0.29) is 17.9 Å². The van der Waals surface area contributed by atoms with Crippen LogP contribution < -0.4 is 5.32 Å². The van der Waals surface area contributed by atoms with Crippen LogP contribution in [0.1, 0.15) is 55.6 Å². The summed E-state index contributed by atoms with van der Waals surface area (Å²) in [6.45, 7) is 5.00. The highest BCUT2D eigenvalue weighted by Crippen LogP contribution is 2.33. The summed E-state index contributed by atoms with van der Waals surface area (Å²) in [6.07, 6.45) is 6.49. The Labute approximate surface area is 198 Å². The van der Waals surface area contributed by atoms with Crippen molar-refractivity contribution in [3.63, 3.8) is 0 Å². The summed E-state index contributed by atoms with van der Waals surface area (Å²) in [6, 6.07) is 11.4. The molecule has 6 nitrogen and oxygen atoms in total. The van der Waals surface area contributed by atoms with Crippen LogP contribution in [-0.2, 0) is 17.8 Å². The maximum Gasteiger partial charge on any atom is 0.271 e. The topological polar surface area (TPSA) is 67.5 Å². The summed E-state index contributed by atoms with van der Waals surface area (Å²) < 4.78 is 7.48. The number of amides is 2. The molecule has 1 aliphatic heterocycles. The molecular weight excluding hydrogens is 438 g/mol. The lowest BCUT2D eigenvalue weighted by atomic mass is 9.86. The Bertz CT molecular complexity index is 1170. The lowest BCUT2D eigenvalue weighted by molar-refractivity contribution is -0.133. The van der Waals surface area contributed by atoms with E-state index in [1.54, 1.807) is 17.2 Å². The van der Waals surface area contributed by atoms with Crippen LogP contribution in [-0.4, -0.2) is 39.4 Å². The fraction of sp³-hybridized carbons (Fsp3) is 0.462. The minimum Gasteiger partial charge on any atom is -0.463 e. The quantitative estimate of drug-likeness (QED) is 0.571. The normalized spacial score (nSPS) is 25.3. The van der Waals surface area contributed by atoms with Gasteiger partial charge in [0.2, 0.25) is 5.91 Å². The van der Waals surface area contributed by atoms with E-state index in [1.165, 1.54) is 0 Å². The van der Waals surface area contributed by atoms with Gasteiger partial charge in [0, 0.05) is 29.7 Å². The van der Waals surface area contributed by atoms with E-state index in [0.717, 1.165) is 36.8 Å². The van der Waals surface area contributed by atoms with E-state index in [0.29, 0.717) is 41.7 Å². The van der Waals surface area contributed by atoms with Crippen LogP contribution in [0.5, 0.6) is 0 Å². The van der Waals surface area contributed by atoms with E-state index in [1.807, 2.05) is 41.8 Å². The summed E-state index contributed by atoms with van der Waals surface area (Å²) in [5, 5.41) is 3.96. The second kappa shape index (κ2) is 8.56. The van der Waals surface area contributed by atoms with Gasteiger partial charge in [-0.15, -0.1) is 0 Å². The number of nitrogens with one attached hydrogen (secondary N) is 1. The van der Waals surface area contributed by atoms with Crippen molar-refractivity contribution in [1.29, 1.82) is 0 Å². The van der Waals surface area contributed by atoms with Crippen molar-refractivity contribution >= 4 is 34.5 Å². The van der Waals surface area contributed by atoms with Gasteiger partial charge < -0.3 is 19.2 Å². The van der Waals surface area contributed by atoms with Crippen LogP contribution in [0.25, 0.3) is 11.1 Å². The molecule has 1 atom stereocenters. The fourth-order valence-corrected chi connectivity index (χ4v) is 5.39. The number of halogens is 1. The molecule has 1 saturated carbocycles. The first-order valence-corrected chi connectivity index (χ1v) is 12.2. The molecule has 1 aromatic carbocycles. The third-order valence-corrected chi connectivity index (χ3v) is 7.68. The largest absolute Gasteiger partial charge is 0.463 e. The molecule has 1 fully saturated rings. The number of furan rings is 1. The van der Waals surface area contributed by atoms with Gasteiger partial charge in [-0.25, -0.2) is 0 Å². The molecule has 2 amide bonds. The average molecular weight is 468 g/mol. The first kappa shape index (κ1) is 22.1. The van der Waals surface area contributed by atoms with Crippen molar-refractivity contribution in [2.45, 2.75) is 64.1 Å². The second-order valence-corrected chi connectivity index (χ2v) is 10.3. The number of fused-ring (bicyclic) bond motifs is 3. The summed E-state index contributed by atoms with van der Waals surface area (Å²) >= 11 is 6.03. The minimum absolute atomic E-state index is 0.0810. The first-order valence-electron chi connectivity index (χ1n) is 11.8. The molecule has 3 aromatic rings. The van der Waals surface area contributed by atoms with Crippen LogP contribution >= 0.6 is 11.6 Å². The monoisotopic (exact) mass is 467 g/mol. The van der Waals surface area contributed by atoms with Crippen molar-refractivity contribution in [2.24, 2.45) is 5.92 Å². The Morgan fingerprint density at radius 1 is 1.18 bits per heavy atom. The van der Waals surface area contributed by atoms with E-state index >= 15 is 0 Å². The Morgan fingerprint density at radius 2 is 1.91 bits per heavy atom. The van der Waals surface area contributed by atoms with Crippen LogP contribution in [0.4, 0.5) is 0 Å². The molecule has 0 spiro atoms. The Balaban J connectivity index is 1.44. The molecule has 0 saturated heterocycles. The highest BCUT2D eigenvalue weighted by Gasteiger charge is 2.48. The van der Waals surface area contributed by atoms with Crippen molar-refractivity contribution in [3.8, 4) is 0 Å². The van der Waals surface area contributed by atoms with E-state index in [9.17, 15) is 9.59 Å². The van der Waals surface area contributed by atoms with E-state index < -0.39 is 5.54 Å². The van der Waals surface area contributed by atoms with E-state index in [2.05, 4.69) is 12.2 Å². The second-order valence-electron chi connectivity index (χ2n) is 9.82. The standard InChI is InChI=1S/C26H30ClN3O3/c1-17-3-9-20(10-4-17)28-25(32)26(2)16-29-21-12-14-33-23(21)15-22(29)24(31)30(26)13-11-18-5-7-19(27)8-6-18/h5-8,12,14-15,17,20H,3-4,9-11,13,16H2,1-2H3,(H,28,32)/t17?,20?,26-/m1/s1. The minimum atomic E-state index is -0.997. The van der Waals surface area contributed by atoms with Gasteiger partial charge >= 0.3 is 0 Å². The Kier molecular flexibility index (Phi) is 5.73. The van der Waals surface area contributed by atoms with Crippen LogP contribution in [0.3, 0.4) is 0 Å². The van der Waals surface area contributed by atoms with Gasteiger partial charge in [0.05, 0.1) is 18.3 Å². The zero-order valence-electron chi connectivity index (χ0n) is 19.1. The maximum absolute atomic E-state index is 13.7. The predicted molar refractivity (Wildman–Crippen MR) is 128 cm³/mol. The van der Waals surface area contributed by atoms with Crippen LogP contribution in [0.2, 0.25) is 5.02 Å². The van der Waals surface area contributed by atoms with Gasteiger partial charge in [-0.3, -0.25) is 9.59 Å². The summed E-state index contributed by atoms with van der Waals surface area (Å²) in [5.74, 6) is 0.483. The van der Waals surface area contributed by atoms with Crippen LogP contribution in [0.15, 0.2) is 47.1 Å². The highest BCUT2D eigenvalue weighted by atomic mass is 35.5. The SMILES string of the molecule is CC1CCC(NC(=O)[C@@]2(C)Cn3c(cc4occc43)C(=O)N2CCc2ccc(Cl)cc2)CC1. The molecule has 33 heavy (non-hydrogen) atoms. The van der Waals surface area contributed by atoms with Gasteiger partial charge in [0.15, 0.2) is 5.58 Å². The number of nitrogens with zero attached hydrogens (tertiary/aromatic N) is 2. The molecule has 1 aliphatic carbocycles. The number of carbonyl (C=O) groups excluding carboxylic acids is 2. The zero-order valence-corrected chi connectivity index (χ0v) is 19.9. The summed E-state index contributed by atoms with van der Waals surface area (Å²) in [4.78, 5) is 29.2. The molecule has 0 radical (unpaired) electrons. The smallest absolute Gasteiger partial charge is 0.271 e. The number of rotatable bonds is 5. The molecule has 2 aromatic heterocycles. The van der Waals surface area contributed by atoms with Crippen molar-refractivity contribution in [2.75, 3.05) is 6.54 Å². The lowest BCUT2D eigenvalue weighted by Crippen LogP contribution is -2.65. The molecule has 7 heteroatoms. The first-order chi connectivity index (χ1) is 15.8. The predicted octanol–water partition coefficient (Wildman–Crippen LogP) is 5.04. The molecule has 174 valence electrons. The van der Waals surface area contributed by atoms with Gasteiger partial charge in [0.1, 0.15) is 11.2 Å². The number of hydrogen-bond donors (Lipinski definition) is 1. The van der Waals surface area contributed by atoms with Gasteiger partial charge in [-0.1, -0.05) is 30.7 Å². The molecule has 0 unspecified atom stereocenters. The number of aromatic nitrogens is 1. The molecule has 5 rings (SSSR count). The summed E-state index contributed by atoms with van der Waals surface area (Å²) in [5.41, 5.74) is 2.16. The van der Waals surface area contributed by atoms with Gasteiger partial charge in [-0.2, -0.15) is 0 Å². The van der Waals surface area contributed by atoms with Crippen molar-refractivity contribution < 1.29 is 14.0 Å². The zero-order chi connectivity index (χ0) is 23.2. The molecule has 1 N–H and O–H groups in total. The van der Waals surface area contributed by atoms with Crippen molar-refractivity contribution in [1.82, 2.24) is 14.8 Å². The van der Waals surface area contributed by atoms with Gasteiger partial charge in [-0.05, 0) is 62.6 Å².